The molecule has 176 valence electrons. The summed E-state index contributed by atoms with van der Waals surface area (Å²) in [4.78, 5) is 32.8. The van der Waals surface area contributed by atoms with E-state index in [1.165, 1.54) is 0 Å². The van der Waals surface area contributed by atoms with Gasteiger partial charge in [0, 0.05) is 38.3 Å². The lowest BCUT2D eigenvalue weighted by atomic mass is 10.00. The molecule has 7 heteroatoms. The van der Waals surface area contributed by atoms with Gasteiger partial charge in [-0.3, -0.25) is 14.5 Å². The number of hydrogen-bond acceptors (Lipinski definition) is 5. The third-order valence-corrected chi connectivity index (χ3v) is 6.65. The first-order valence-electron chi connectivity index (χ1n) is 11.7. The molecule has 0 spiro atoms. The highest BCUT2D eigenvalue weighted by Crippen LogP contribution is 2.37. The summed E-state index contributed by atoms with van der Waals surface area (Å²) >= 11 is 0. The standard InChI is InChI=1S/C26H33N3O4/c1-4-11-27-12-14-28(15-13-27)25(30)17-22(19-9-10-23(32-2)24(16-19)33-3)29-18-20-7-5-6-8-21(20)26(29)31/h5-10,16,22H,4,11-15,17-18H2,1-3H3. The lowest BCUT2D eigenvalue weighted by molar-refractivity contribution is -0.134. The number of benzene rings is 2. The second kappa shape index (κ2) is 10.3. The van der Waals surface area contributed by atoms with Crippen molar-refractivity contribution < 1.29 is 19.1 Å². The number of ether oxygens (including phenoxy) is 2. The van der Waals surface area contributed by atoms with Crippen molar-refractivity contribution in [3.8, 4) is 11.5 Å². The first kappa shape index (κ1) is 23.1. The van der Waals surface area contributed by atoms with Crippen LogP contribution in [0.5, 0.6) is 11.5 Å². The highest BCUT2D eigenvalue weighted by atomic mass is 16.5. The molecule has 2 aliphatic rings. The number of piperazine rings is 1. The van der Waals surface area contributed by atoms with Gasteiger partial charge in [0.1, 0.15) is 0 Å². The third-order valence-electron chi connectivity index (χ3n) is 6.65. The van der Waals surface area contributed by atoms with Gasteiger partial charge in [0.15, 0.2) is 11.5 Å². The smallest absolute Gasteiger partial charge is 0.255 e. The van der Waals surface area contributed by atoms with Gasteiger partial charge in [-0.25, -0.2) is 0 Å². The van der Waals surface area contributed by atoms with Crippen molar-refractivity contribution in [2.45, 2.75) is 32.4 Å². The van der Waals surface area contributed by atoms with Crippen LogP contribution in [0.2, 0.25) is 0 Å². The lowest BCUT2D eigenvalue weighted by Crippen LogP contribution is -2.49. The minimum absolute atomic E-state index is 0.0362. The molecule has 1 saturated heterocycles. The van der Waals surface area contributed by atoms with E-state index in [0.29, 0.717) is 23.6 Å². The quantitative estimate of drug-likeness (QED) is 0.616. The van der Waals surface area contributed by atoms with Gasteiger partial charge >= 0.3 is 0 Å². The van der Waals surface area contributed by atoms with E-state index in [1.54, 1.807) is 14.2 Å². The molecule has 0 saturated carbocycles. The van der Waals surface area contributed by atoms with Crippen molar-refractivity contribution in [1.82, 2.24) is 14.7 Å². The Hall–Kier alpha value is -3.06. The molecule has 7 nitrogen and oxygen atoms in total. The van der Waals surface area contributed by atoms with Crippen LogP contribution in [0.1, 0.15) is 47.3 Å². The molecule has 1 unspecified atom stereocenters. The summed E-state index contributed by atoms with van der Waals surface area (Å²) < 4.78 is 10.9. The number of hydrogen-bond donors (Lipinski definition) is 0. The summed E-state index contributed by atoms with van der Waals surface area (Å²) in [5, 5.41) is 0. The average molecular weight is 452 g/mol. The van der Waals surface area contributed by atoms with E-state index in [-0.39, 0.29) is 24.3 Å². The maximum Gasteiger partial charge on any atom is 0.255 e. The first-order valence-corrected chi connectivity index (χ1v) is 11.7. The van der Waals surface area contributed by atoms with E-state index in [0.717, 1.165) is 50.3 Å². The number of rotatable bonds is 8. The topological polar surface area (TPSA) is 62.3 Å². The second-order valence-corrected chi connectivity index (χ2v) is 8.65. The van der Waals surface area contributed by atoms with Gasteiger partial charge < -0.3 is 19.3 Å². The number of nitrogens with zero attached hydrogens (tertiary/aromatic N) is 3. The molecule has 0 N–H and O–H groups in total. The monoisotopic (exact) mass is 451 g/mol. The molecule has 2 amide bonds. The molecule has 1 atom stereocenters. The SMILES string of the molecule is CCCN1CCN(C(=O)CC(c2ccc(OC)c(OC)c2)N2Cc3ccccc3C2=O)CC1. The first-order chi connectivity index (χ1) is 16.0. The Labute approximate surface area is 195 Å². The molecule has 2 aromatic rings. The Morgan fingerprint density at radius 1 is 1.00 bits per heavy atom. The summed E-state index contributed by atoms with van der Waals surface area (Å²) in [6.07, 6.45) is 1.36. The Kier molecular flexibility index (Phi) is 7.18. The van der Waals surface area contributed by atoms with Crippen LogP contribution in [-0.4, -0.2) is 73.5 Å². The van der Waals surface area contributed by atoms with Gasteiger partial charge in [0.2, 0.25) is 5.91 Å². The van der Waals surface area contributed by atoms with Crippen molar-refractivity contribution in [3.63, 3.8) is 0 Å². The Morgan fingerprint density at radius 2 is 1.73 bits per heavy atom. The molecule has 33 heavy (non-hydrogen) atoms. The van der Waals surface area contributed by atoms with Gasteiger partial charge in [0.25, 0.3) is 5.91 Å². The summed E-state index contributed by atoms with van der Waals surface area (Å²) in [7, 11) is 3.19. The molecular weight excluding hydrogens is 418 g/mol. The van der Waals surface area contributed by atoms with Crippen LogP contribution in [0.25, 0.3) is 0 Å². The van der Waals surface area contributed by atoms with Crippen molar-refractivity contribution in [3.05, 3.63) is 59.2 Å². The van der Waals surface area contributed by atoms with Crippen LogP contribution in [0.4, 0.5) is 0 Å². The summed E-state index contributed by atoms with van der Waals surface area (Å²) in [6.45, 7) is 6.99. The third kappa shape index (κ3) is 4.83. The fourth-order valence-electron chi connectivity index (χ4n) is 4.83. The minimum Gasteiger partial charge on any atom is -0.493 e. The van der Waals surface area contributed by atoms with Crippen molar-refractivity contribution in [1.29, 1.82) is 0 Å². The number of carbonyl (C=O) groups is 2. The van der Waals surface area contributed by atoms with Crippen LogP contribution >= 0.6 is 0 Å². The zero-order valence-electron chi connectivity index (χ0n) is 19.8. The van der Waals surface area contributed by atoms with Crippen LogP contribution in [-0.2, 0) is 11.3 Å². The summed E-state index contributed by atoms with van der Waals surface area (Å²) in [6, 6.07) is 12.9. The van der Waals surface area contributed by atoms with E-state index in [4.69, 9.17) is 9.47 Å². The van der Waals surface area contributed by atoms with E-state index in [2.05, 4.69) is 11.8 Å². The maximum absolute atomic E-state index is 13.4. The van der Waals surface area contributed by atoms with Gasteiger partial charge in [-0.15, -0.1) is 0 Å². The Bertz CT molecular complexity index is 1000. The second-order valence-electron chi connectivity index (χ2n) is 8.65. The molecule has 4 rings (SSSR count). The molecule has 1 fully saturated rings. The molecule has 2 aromatic carbocycles. The van der Waals surface area contributed by atoms with E-state index in [1.807, 2.05) is 52.3 Å². The Balaban J connectivity index is 1.59. The number of methoxy groups -OCH3 is 2. The lowest BCUT2D eigenvalue weighted by Gasteiger charge is -2.36. The fraction of sp³-hybridized carbons (Fsp3) is 0.462. The van der Waals surface area contributed by atoms with E-state index < -0.39 is 0 Å². The van der Waals surface area contributed by atoms with Crippen molar-refractivity contribution in [2.24, 2.45) is 0 Å². The van der Waals surface area contributed by atoms with Crippen molar-refractivity contribution >= 4 is 11.8 Å². The predicted octanol–water partition coefficient (Wildman–Crippen LogP) is 3.35. The van der Waals surface area contributed by atoms with E-state index in [9.17, 15) is 9.59 Å². The number of fused-ring (bicyclic) bond motifs is 1. The van der Waals surface area contributed by atoms with Crippen LogP contribution < -0.4 is 9.47 Å². The highest BCUT2D eigenvalue weighted by molar-refractivity contribution is 5.98. The molecule has 2 aliphatic heterocycles. The number of carbonyl (C=O) groups excluding carboxylic acids is 2. The average Bonchev–Trinajstić information content (AvgIpc) is 3.19. The zero-order chi connectivity index (χ0) is 23.4. The minimum atomic E-state index is -0.383. The summed E-state index contributed by atoms with van der Waals surface area (Å²) in [5.74, 6) is 1.25. The molecule has 2 heterocycles. The predicted molar refractivity (Wildman–Crippen MR) is 127 cm³/mol. The number of amides is 2. The van der Waals surface area contributed by atoms with Crippen LogP contribution in [0.15, 0.2) is 42.5 Å². The molecule has 0 bridgehead atoms. The normalized spacial score (nSPS) is 17.1. The maximum atomic E-state index is 13.4. The Morgan fingerprint density at radius 3 is 2.39 bits per heavy atom. The highest BCUT2D eigenvalue weighted by Gasteiger charge is 2.36. The largest absolute Gasteiger partial charge is 0.493 e. The molecule has 0 aromatic heterocycles. The van der Waals surface area contributed by atoms with Crippen LogP contribution in [0, 0.1) is 0 Å². The van der Waals surface area contributed by atoms with Crippen molar-refractivity contribution in [2.75, 3.05) is 46.9 Å². The molecule has 0 radical (unpaired) electrons. The van der Waals surface area contributed by atoms with Gasteiger partial charge in [-0.05, 0) is 42.3 Å². The summed E-state index contributed by atoms with van der Waals surface area (Å²) in [5.41, 5.74) is 2.57. The van der Waals surface area contributed by atoms with Gasteiger partial charge in [0.05, 0.1) is 26.7 Å². The fourth-order valence-corrected chi connectivity index (χ4v) is 4.83. The van der Waals surface area contributed by atoms with E-state index >= 15 is 0 Å². The van der Waals surface area contributed by atoms with Gasteiger partial charge in [-0.2, -0.15) is 0 Å². The molecular formula is C26H33N3O4. The zero-order valence-corrected chi connectivity index (χ0v) is 19.8. The van der Waals surface area contributed by atoms with Crippen LogP contribution in [0.3, 0.4) is 0 Å². The van der Waals surface area contributed by atoms with Gasteiger partial charge in [-0.1, -0.05) is 31.2 Å². The molecule has 0 aliphatic carbocycles.